The lowest BCUT2D eigenvalue weighted by Gasteiger charge is -2.14. The molecule has 3 aromatic rings. The Morgan fingerprint density at radius 1 is 1.03 bits per heavy atom. The van der Waals surface area contributed by atoms with Crippen molar-refractivity contribution < 1.29 is 41.0 Å². The zero-order valence-corrected chi connectivity index (χ0v) is 19.5. The number of ether oxygens (including phenoxy) is 2. The lowest BCUT2D eigenvalue weighted by Crippen LogP contribution is -2.26. The van der Waals surface area contributed by atoms with E-state index in [1.165, 1.54) is 37.4 Å². The molecule has 0 saturated heterocycles. The second-order valence-electron chi connectivity index (χ2n) is 7.38. The van der Waals surface area contributed by atoms with Crippen molar-refractivity contribution in [3.8, 4) is 28.7 Å². The van der Waals surface area contributed by atoms with Crippen LogP contribution in [0.5, 0.6) is 11.5 Å². The SMILES string of the molecule is COc1ccc(C#N)cc1S(=O)(=O)NCCc1ccc(-c2cc(F)c(F)c(F)c2)cc1OCC(=O)O. The highest BCUT2D eigenvalue weighted by Crippen LogP contribution is 2.30. The molecular formula is C24H19F3N2O6S. The van der Waals surface area contributed by atoms with Crippen LogP contribution in [-0.2, 0) is 21.2 Å². The maximum Gasteiger partial charge on any atom is 0.341 e. The van der Waals surface area contributed by atoms with Crippen LogP contribution in [0.2, 0.25) is 0 Å². The molecule has 0 heterocycles. The van der Waals surface area contributed by atoms with Gasteiger partial charge in [0.05, 0.1) is 18.7 Å². The van der Waals surface area contributed by atoms with E-state index in [0.717, 1.165) is 18.2 Å². The smallest absolute Gasteiger partial charge is 0.341 e. The molecule has 188 valence electrons. The summed E-state index contributed by atoms with van der Waals surface area (Å²) in [6.45, 7) is -0.878. The molecule has 0 aromatic heterocycles. The minimum atomic E-state index is -4.09. The van der Waals surface area contributed by atoms with Crippen LogP contribution in [0, 0.1) is 28.8 Å². The molecule has 0 bridgehead atoms. The zero-order chi connectivity index (χ0) is 26.5. The second kappa shape index (κ2) is 11.1. The standard InChI is InChI=1S/C24H19F3N2O6S/c1-34-20-5-2-14(12-28)8-22(20)36(32,33)29-7-6-15-3-4-16(11-21(15)35-13-23(30)31)17-9-18(25)24(27)19(26)10-17/h2-5,8-11,29H,6-7,13H2,1H3,(H,30,31). The summed E-state index contributed by atoms with van der Waals surface area (Å²) in [5.74, 6) is -5.63. The highest BCUT2D eigenvalue weighted by atomic mass is 32.2. The maximum atomic E-state index is 13.7. The molecule has 0 radical (unpaired) electrons. The van der Waals surface area contributed by atoms with E-state index in [4.69, 9.17) is 19.8 Å². The molecule has 0 spiro atoms. The molecule has 0 aliphatic rings. The molecule has 0 aliphatic carbocycles. The number of sulfonamides is 1. The summed E-state index contributed by atoms with van der Waals surface area (Å²) < 4.78 is 78.9. The highest BCUT2D eigenvalue weighted by Gasteiger charge is 2.20. The summed E-state index contributed by atoms with van der Waals surface area (Å²) in [6.07, 6.45) is 0.0425. The van der Waals surface area contributed by atoms with Crippen LogP contribution >= 0.6 is 0 Å². The summed E-state index contributed by atoms with van der Waals surface area (Å²) >= 11 is 0. The molecule has 8 nitrogen and oxygen atoms in total. The number of hydrogen-bond donors (Lipinski definition) is 2. The first kappa shape index (κ1) is 26.5. The van der Waals surface area contributed by atoms with Crippen molar-refractivity contribution in [2.45, 2.75) is 11.3 Å². The molecule has 0 amide bonds. The van der Waals surface area contributed by atoms with E-state index < -0.39 is 40.1 Å². The van der Waals surface area contributed by atoms with Gasteiger partial charge in [-0.15, -0.1) is 0 Å². The molecule has 36 heavy (non-hydrogen) atoms. The zero-order valence-electron chi connectivity index (χ0n) is 18.7. The Labute approximate surface area is 204 Å². The summed E-state index contributed by atoms with van der Waals surface area (Å²) in [6, 6.07) is 11.6. The molecule has 2 N–H and O–H groups in total. The Morgan fingerprint density at radius 3 is 2.33 bits per heavy atom. The first-order valence-corrected chi connectivity index (χ1v) is 11.7. The predicted octanol–water partition coefficient (Wildman–Crippen LogP) is 3.64. The van der Waals surface area contributed by atoms with Crippen molar-refractivity contribution in [3.63, 3.8) is 0 Å². The number of rotatable bonds is 10. The number of carboxylic acids is 1. The number of aliphatic carboxylic acids is 1. The molecule has 0 unspecified atom stereocenters. The Balaban J connectivity index is 1.86. The number of halogens is 3. The number of nitriles is 1. The lowest BCUT2D eigenvalue weighted by atomic mass is 10.0. The third kappa shape index (κ3) is 6.12. The second-order valence-corrected chi connectivity index (χ2v) is 9.12. The molecule has 0 atom stereocenters. The number of benzene rings is 3. The predicted molar refractivity (Wildman–Crippen MR) is 121 cm³/mol. The van der Waals surface area contributed by atoms with E-state index in [-0.39, 0.29) is 46.1 Å². The summed E-state index contributed by atoms with van der Waals surface area (Å²) in [5.41, 5.74) is 0.715. The van der Waals surface area contributed by atoms with Crippen molar-refractivity contribution in [3.05, 3.63) is 77.1 Å². The average Bonchev–Trinajstić information content (AvgIpc) is 2.85. The first-order valence-electron chi connectivity index (χ1n) is 10.3. The van der Waals surface area contributed by atoms with Gasteiger partial charge in [-0.3, -0.25) is 0 Å². The van der Waals surface area contributed by atoms with Crippen LogP contribution in [-0.4, -0.2) is 39.8 Å². The fourth-order valence-corrected chi connectivity index (χ4v) is 4.52. The number of carboxylic acid groups (broad SMARTS) is 1. The Morgan fingerprint density at radius 2 is 1.72 bits per heavy atom. The van der Waals surface area contributed by atoms with E-state index in [2.05, 4.69) is 4.72 Å². The van der Waals surface area contributed by atoms with Crippen LogP contribution in [0.25, 0.3) is 11.1 Å². The highest BCUT2D eigenvalue weighted by molar-refractivity contribution is 7.89. The van der Waals surface area contributed by atoms with Gasteiger partial charge < -0.3 is 14.6 Å². The monoisotopic (exact) mass is 520 g/mol. The molecule has 0 saturated carbocycles. The molecule has 3 rings (SSSR count). The van der Waals surface area contributed by atoms with Crippen molar-refractivity contribution >= 4 is 16.0 Å². The van der Waals surface area contributed by atoms with Gasteiger partial charge in [0.25, 0.3) is 0 Å². The van der Waals surface area contributed by atoms with Crippen LogP contribution < -0.4 is 14.2 Å². The fourth-order valence-electron chi connectivity index (χ4n) is 3.29. The minimum Gasteiger partial charge on any atom is -0.495 e. The number of hydrogen-bond acceptors (Lipinski definition) is 6. The maximum absolute atomic E-state index is 13.7. The van der Waals surface area contributed by atoms with Gasteiger partial charge in [-0.1, -0.05) is 12.1 Å². The Bertz CT molecular complexity index is 1430. The van der Waals surface area contributed by atoms with Gasteiger partial charge in [-0.2, -0.15) is 5.26 Å². The normalized spacial score (nSPS) is 11.1. The lowest BCUT2D eigenvalue weighted by molar-refractivity contribution is -0.139. The molecule has 0 aliphatic heterocycles. The number of carbonyl (C=O) groups is 1. The van der Waals surface area contributed by atoms with Crippen molar-refractivity contribution in [2.24, 2.45) is 0 Å². The van der Waals surface area contributed by atoms with E-state index in [1.807, 2.05) is 6.07 Å². The van der Waals surface area contributed by atoms with Crippen LogP contribution in [0.4, 0.5) is 13.2 Å². The van der Waals surface area contributed by atoms with E-state index in [0.29, 0.717) is 5.56 Å². The number of nitrogens with zero attached hydrogens (tertiary/aromatic N) is 1. The molecule has 0 fully saturated rings. The van der Waals surface area contributed by atoms with Gasteiger partial charge >= 0.3 is 5.97 Å². The van der Waals surface area contributed by atoms with Crippen LogP contribution in [0.15, 0.2) is 53.4 Å². The number of methoxy groups -OCH3 is 1. The van der Waals surface area contributed by atoms with Gasteiger partial charge in [0.15, 0.2) is 24.1 Å². The molecule has 12 heteroatoms. The van der Waals surface area contributed by atoms with Crippen LogP contribution in [0.1, 0.15) is 11.1 Å². The third-order valence-corrected chi connectivity index (χ3v) is 6.49. The first-order chi connectivity index (χ1) is 17.1. The summed E-state index contributed by atoms with van der Waals surface area (Å²) in [5, 5.41) is 18.0. The van der Waals surface area contributed by atoms with E-state index in [1.54, 1.807) is 0 Å². The van der Waals surface area contributed by atoms with Crippen molar-refractivity contribution in [2.75, 3.05) is 20.3 Å². The third-order valence-electron chi connectivity index (χ3n) is 5.00. The van der Waals surface area contributed by atoms with Crippen molar-refractivity contribution in [1.29, 1.82) is 5.26 Å². The Kier molecular flexibility index (Phi) is 8.18. The Hall–Kier alpha value is -4.08. The average molecular weight is 520 g/mol. The number of nitrogens with one attached hydrogen (secondary N) is 1. The minimum absolute atomic E-state index is 0.0108. The summed E-state index contributed by atoms with van der Waals surface area (Å²) in [7, 11) is -2.80. The molecular weight excluding hydrogens is 501 g/mol. The molecule has 3 aromatic carbocycles. The van der Waals surface area contributed by atoms with Gasteiger partial charge in [0.1, 0.15) is 16.4 Å². The van der Waals surface area contributed by atoms with Gasteiger partial charge in [-0.25, -0.2) is 31.1 Å². The topological polar surface area (TPSA) is 126 Å². The summed E-state index contributed by atoms with van der Waals surface area (Å²) in [4.78, 5) is 10.8. The van der Waals surface area contributed by atoms with Gasteiger partial charge in [0.2, 0.25) is 10.0 Å². The quantitative estimate of drug-likeness (QED) is 0.391. The van der Waals surface area contributed by atoms with Crippen molar-refractivity contribution in [1.82, 2.24) is 4.72 Å². The fraction of sp³-hybridized carbons (Fsp3) is 0.167. The van der Waals surface area contributed by atoms with Crippen LogP contribution in [0.3, 0.4) is 0 Å². The largest absolute Gasteiger partial charge is 0.495 e. The van der Waals surface area contributed by atoms with Gasteiger partial charge in [-0.05, 0) is 59.5 Å². The van der Waals surface area contributed by atoms with E-state index >= 15 is 0 Å². The van der Waals surface area contributed by atoms with Gasteiger partial charge in [0, 0.05) is 6.54 Å². The van der Waals surface area contributed by atoms with E-state index in [9.17, 15) is 26.4 Å².